The van der Waals surface area contributed by atoms with E-state index in [-0.39, 0.29) is 24.0 Å². The molecule has 0 aliphatic rings. The number of aromatic nitrogens is 2. The van der Waals surface area contributed by atoms with E-state index in [2.05, 4.69) is 53.3 Å². The normalized spacial score (nSPS) is 12.8. The summed E-state index contributed by atoms with van der Waals surface area (Å²) in [5.41, 5.74) is 1.23. The van der Waals surface area contributed by atoms with Crippen LogP contribution in [0.4, 0.5) is 0 Å². The summed E-state index contributed by atoms with van der Waals surface area (Å²) in [6.45, 7) is 13.9. The van der Waals surface area contributed by atoms with Gasteiger partial charge in [-0.1, -0.05) is 13.8 Å². The molecule has 146 valence electrons. The maximum atomic E-state index is 4.68. The largest absolute Gasteiger partial charge is 0.357 e. The molecule has 0 aromatic carbocycles. The number of hydrogen-bond acceptors (Lipinski definition) is 3. The Hall–Kier alpha value is -0.830. The third-order valence-electron chi connectivity index (χ3n) is 4.16. The fourth-order valence-corrected chi connectivity index (χ4v) is 2.68. The maximum Gasteiger partial charge on any atom is 0.191 e. The van der Waals surface area contributed by atoms with Crippen LogP contribution in [0.5, 0.6) is 0 Å². The Morgan fingerprint density at radius 1 is 1.32 bits per heavy atom. The molecule has 1 aromatic rings. The van der Waals surface area contributed by atoms with Gasteiger partial charge in [0.25, 0.3) is 0 Å². The standard InChI is InChI=1S/C18H36N6.HI/c1-6-19-18(20-12-11-17-14-21-23(5)15-17)22-16(4)10-9-13-24(7-2)8-3;/h14-16H,6-13H2,1-5H3,(H2,19,20,22);1H. The van der Waals surface area contributed by atoms with Crippen molar-refractivity contribution in [3.63, 3.8) is 0 Å². The lowest BCUT2D eigenvalue weighted by molar-refractivity contribution is 0.292. The van der Waals surface area contributed by atoms with E-state index in [0.29, 0.717) is 6.04 Å². The summed E-state index contributed by atoms with van der Waals surface area (Å²) in [6.07, 6.45) is 7.24. The van der Waals surface area contributed by atoms with Crippen LogP contribution in [0.2, 0.25) is 0 Å². The van der Waals surface area contributed by atoms with Gasteiger partial charge in [-0.2, -0.15) is 5.10 Å². The summed E-state index contributed by atoms with van der Waals surface area (Å²) in [6, 6.07) is 0.428. The molecule has 1 aromatic heterocycles. The summed E-state index contributed by atoms with van der Waals surface area (Å²) in [4.78, 5) is 7.15. The van der Waals surface area contributed by atoms with Gasteiger partial charge in [0.2, 0.25) is 0 Å². The van der Waals surface area contributed by atoms with Crippen molar-refractivity contribution in [2.45, 2.75) is 53.0 Å². The van der Waals surface area contributed by atoms with Gasteiger partial charge in [0.1, 0.15) is 0 Å². The van der Waals surface area contributed by atoms with Crippen LogP contribution < -0.4 is 10.6 Å². The smallest absolute Gasteiger partial charge is 0.191 e. The molecule has 0 aliphatic heterocycles. The highest BCUT2D eigenvalue weighted by molar-refractivity contribution is 14.0. The second-order valence-corrected chi connectivity index (χ2v) is 6.25. The average Bonchev–Trinajstić information content (AvgIpc) is 2.97. The number of aliphatic imine (C=N–C) groups is 1. The van der Waals surface area contributed by atoms with E-state index >= 15 is 0 Å². The monoisotopic (exact) mass is 464 g/mol. The molecule has 0 saturated carbocycles. The Morgan fingerprint density at radius 2 is 2.04 bits per heavy atom. The van der Waals surface area contributed by atoms with Crippen LogP contribution in [0.3, 0.4) is 0 Å². The van der Waals surface area contributed by atoms with Gasteiger partial charge in [-0.25, -0.2) is 0 Å². The highest BCUT2D eigenvalue weighted by Gasteiger charge is 2.06. The van der Waals surface area contributed by atoms with E-state index < -0.39 is 0 Å². The number of nitrogens with zero attached hydrogens (tertiary/aromatic N) is 4. The predicted octanol–water partition coefficient (Wildman–Crippen LogP) is 2.65. The molecule has 1 unspecified atom stereocenters. The Balaban J connectivity index is 0.00000576. The summed E-state index contributed by atoms with van der Waals surface area (Å²) in [7, 11) is 1.94. The van der Waals surface area contributed by atoms with E-state index in [0.717, 1.165) is 45.0 Å². The number of aryl methyl sites for hydroxylation is 1. The molecule has 6 nitrogen and oxygen atoms in total. The van der Waals surface area contributed by atoms with Gasteiger partial charge < -0.3 is 15.5 Å². The quantitative estimate of drug-likeness (QED) is 0.301. The van der Waals surface area contributed by atoms with Crippen molar-refractivity contribution in [3.8, 4) is 0 Å². The molecular formula is C18H37IN6. The molecule has 0 radical (unpaired) electrons. The average molecular weight is 464 g/mol. The molecule has 0 bridgehead atoms. The van der Waals surface area contributed by atoms with Crippen molar-refractivity contribution in [2.24, 2.45) is 12.0 Å². The fraction of sp³-hybridized carbons (Fsp3) is 0.778. The van der Waals surface area contributed by atoms with Crippen LogP contribution in [-0.2, 0) is 13.5 Å². The highest BCUT2D eigenvalue weighted by atomic mass is 127. The molecule has 1 atom stereocenters. The molecule has 1 rings (SSSR count). The number of rotatable bonds is 11. The summed E-state index contributed by atoms with van der Waals surface area (Å²) < 4.78 is 1.83. The van der Waals surface area contributed by atoms with Gasteiger partial charge in [0.05, 0.1) is 6.20 Å². The molecule has 0 spiro atoms. The van der Waals surface area contributed by atoms with E-state index in [9.17, 15) is 0 Å². The predicted molar refractivity (Wildman–Crippen MR) is 118 cm³/mol. The molecule has 0 aliphatic carbocycles. The second-order valence-electron chi connectivity index (χ2n) is 6.25. The van der Waals surface area contributed by atoms with Gasteiger partial charge in [-0.05, 0) is 58.3 Å². The molecular weight excluding hydrogens is 427 g/mol. The van der Waals surface area contributed by atoms with Crippen molar-refractivity contribution in [1.82, 2.24) is 25.3 Å². The Bertz CT molecular complexity index is 470. The third kappa shape index (κ3) is 10.7. The number of guanidine groups is 1. The van der Waals surface area contributed by atoms with E-state index in [1.165, 1.54) is 18.5 Å². The van der Waals surface area contributed by atoms with Crippen LogP contribution in [-0.4, -0.2) is 59.4 Å². The SMILES string of the molecule is CCNC(=NCCc1cnn(C)c1)NC(C)CCCN(CC)CC.I. The first-order chi connectivity index (χ1) is 11.6. The summed E-state index contributed by atoms with van der Waals surface area (Å²) in [5.74, 6) is 0.914. The molecule has 0 saturated heterocycles. The zero-order chi connectivity index (χ0) is 17.8. The van der Waals surface area contributed by atoms with Crippen molar-refractivity contribution in [1.29, 1.82) is 0 Å². The molecule has 0 fully saturated rings. The molecule has 25 heavy (non-hydrogen) atoms. The Kier molecular flexibility index (Phi) is 13.9. The lowest BCUT2D eigenvalue weighted by Crippen LogP contribution is -2.42. The lowest BCUT2D eigenvalue weighted by atomic mass is 10.2. The first-order valence-corrected chi connectivity index (χ1v) is 9.33. The third-order valence-corrected chi connectivity index (χ3v) is 4.16. The van der Waals surface area contributed by atoms with Gasteiger partial charge in [-0.3, -0.25) is 9.67 Å². The number of halogens is 1. The molecule has 7 heteroatoms. The summed E-state index contributed by atoms with van der Waals surface area (Å²) in [5, 5.41) is 11.0. The van der Waals surface area contributed by atoms with E-state index in [1.54, 1.807) is 0 Å². The number of nitrogens with one attached hydrogen (secondary N) is 2. The van der Waals surface area contributed by atoms with Gasteiger partial charge in [0, 0.05) is 32.4 Å². The number of hydrogen-bond donors (Lipinski definition) is 2. The zero-order valence-corrected chi connectivity index (χ0v) is 18.9. The first kappa shape index (κ1) is 24.2. The van der Waals surface area contributed by atoms with Gasteiger partial charge in [-0.15, -0.1) is 24.0 Å². The van der Waals surface area contributed by atoms with Gasteiger partial charge in [0.15, 0.2) is 5.96 Å². The lowest BCUT2D eigenvalue weighted by Gasteiger charge is -2.21. The zero-order valence-electron chi connectivity index (χ0n) is 16.6. The molecule has 2 N–H and O–H groups in total. The van der Waals surface area contributed by atoms with Crippen LogP contribution in [0.15, 0.2) is 17.4 Å². The topological polar surface area (TPSA) is 57.5 Å². The highest BCUT2D eigenvalue weighted by Crippen LogP contribution is 2.00. The first-order valence-electron chi connectivity index (χ1n) is 9.33. The molecule has 1 heterocycles. The van der Waals surface area contributed by atoms with Crippen LogP contribution in [0.25, 0.3) is 0 Å². The fourth-order valence-electron chi connectivity index (χ4n) is 2.68. The van der Waals surface area contributed by atoms with Crippen molar-refractivity contribution in [3.05, 3.63) is 18.0 Å². The van der Waals surface area contributed by atoms with Gasteiger partial charge >= 0.3 is 0 Å². The van der Waals surface area contributed by atoms with Crippen molar-refractivity contribution >= 4 is 29.9 Å². The minimum atomic E-state index is 0. The van der Waals surface area contributed by atoms with Crippen LogP contribution >= 0.6 is 24.0 Å². The van der Waals surface area contributed by atoms with Crippen LogP contribution in [0, 0.1) is 0 Å². The Morgan fingerprint density at radius 3 is 2.60 bits per heavy atom. The minimum Gasteiger partial charge on any atom is -0.357 e. The molecule has 0 amide bonds. The van der Waals surface area contributed by atoms with Crippen molar-refractivity contribution < 1.29 is 0 Å². The maximum absolute atomic E-state index is 4.68. The van der Waals surface area contributed by atoms with Crippen molar-refractivity contribution in [2.75, 3.05) is 32.7 Å². The van der Waals surface area contributed by atoms with E-state index in [1.807, 2.05) is 24.1 Å². The Labute approximate surface area is 170 Å². The second kappa shape index (κ2) is 14.4. The minimum absolute atomic E-state index is 0. The summed E-state index contributed by atoms with van der Waals surface area (Å²) >= 11 is 0. The van der Waals surface area contributed by atoms with E-state index in [4.69, 9.17) is 0 Å². The van der Waals surface area contributed by atoms with Crippen LogP contribution in [0.1, 0.15) is 46.1 Å².